The molecule has 9 heteroatoms. The van der Waals surface area contributed by atoms with Crippen molar-refractivity contribution in [2.45, 2.75) is 135 Å². The molecule has 52 heavy (non-hydrogen) atoms. The average molecular weight is 730 g/mol. The van der Waals surface area contributed by atoms with E-state index in [9.17, 15) is 19.5 Å². The summed E-state index contributed by atoms with van der Waals surface area (Å²) in [6.07, 6.45) is 38.1. The topological polar surface area (TPSA) is 111 Å². The molecule has 0 amide bonds. The number of rotatable bonds is 34. The standard InChI is InChI=1S/C43H71NO8/c1-6-8-10-12-14-16-18-20-22-23-25-27-29-31-33-40(45)50-37-39(38-51-43(42(47)48)49-36-35-44(3,4)5)52-41(46)34-32-30-28-26-24-21-19-17-15-13-11-9-7-2/h9,11-12,14-15,17-18,20-21,24,28,30,39,43H,6-8,10,13,16,19,22-23,25-27,29,31-38H2,1-5H3/b11-9-,14-12-,17-15-,20-18-,24-21-,30-28-. The van der Waals surface area contributed by atoms with Crippen LogP contribution in [0.3, 0.4) is 0 Å². The van der Waals surface area contributed by atoms with E-state index in [1.165, 1.54) is 12.8 Å². The van der Waals surface area contributed by atoms with Crippen LogP contribution in [0, 0.1) is 0 Å². The first kappa shape index (κ1) is 48.7. The van der Waals surface area contributed by atoms with Gasteiger partial charge in [-0.1, -0.05) is 119 Å². The number of esters is 2. The Hall–Kier alpha value is -3.27. The van der Waals surface area contributed by atoms with Crippen molar-refractivity contribution in [2.75, 3.05) is 47.5 Å². The SMILES string of the molecule is CC/C=C\C/C=C\C/C=C\C/C=C\CCC(=O)OC(COC(=O)CCCCCCC/C=C\C/C=C\CCCC)COC(OCC[N+](C)(C)C)C(=O)[O-]. The molecule has 0 saturated heterocycles. The number of quaternary nitrogens is 1. The predicted octanol–water partition coefficient (Wildman–Crippen LogP) is 8.27. The number of hydrogen-bond donors (Lipinski definition) is 0. The van der Waals surface area contributed by atoms with Crippen molar-refractivity contribution in [2.24, 2.45) is 0 Å². The van der Waals surface area contributed by atoms with Gasteiger partial charge >= 0.3 is 11.9 Å². The number of carbonyl (C=O) groups excluding carboxylic acids is 3. The summed E-state index contributed by atoms with van der Waals surface area (Å²) < 4.78 is 22.3. The van der Waals surface area contributed by atoms with Gasteiger partial charge in [0.1, 0.15) is 13.2 Å². The Kier molecular flexibility index (Phi) is 32.6. The molecule has 0 aromatic heterocycles. The lowest BCUT2D eigenvalue weighted by atomic mass is 10.1. The van der Waals surface area contributed by atoms with Gasteiger partial charge in [0.05, 0.1) is 40.3 Å². The van der Waals surface area contributed by atoms with Gasteiger partial charge in [-0.3, -0.25) is 9.59 Å². The van der Waals surface area contributed by atoms with Crippen LogP contribution in [-0.2, 0) is 33.3 Å². The Morgan fingerprint density at radius 3 is 1.71 bits per heavy atom. The highest BCUT2D eigenvalue weighted by Crippen LogP contribution is 2.10. The number of nitrogens with zero attached hydrogens (tertiary/aromatic N) is 1. The van der Waals surface area contributed by atoms with Crippen LogP contribution >= 0.6 is 0 Å². The Morgan fingerprint density at radius 1 is 0.596 bits per heavy atom. The van der Waals surface area contributed by atoms with Crippen molar-refractivity contribution >= 4 is 17.9 Å². The first-order chi connectivity index (χ1) is 25.1. The van der Waals surface area contributed by atoms with Gasteiger partial charge in [0.2, 0.25) is 0 Å². The fraction of sp³-hybridized carbons (Fsp3) is 0.651. The highest BCUT2D eigenvalue weighted by Gasteiger charge is 2.21. The van der Waals surface area contributed by atoms with Crippen molar-refractivity contribution in [3.63, 3.8) is 0 Å². The van der Waals surface area contributed by atoms with Crippen LogP contribution in [0.2, 0.25) is 0 Å². The van der Waals surface area contributed by atoms with E-state index in [2.05, 4.69) is 74.6 Å². The zero-order chi connectivity index (χ0) is 38.5. The van der Waals surface area contributed by atoms with Crippen LogP contribution in [0.4, 0.5) is 0 Å². The van der Waals surface area contributed by atoms with E-state index in [-0.39, 0.29) is 32.7 Å². The summed E-state index contributed by atoms with van der Waals surface area (Å²) in [7, 11) is 5.86. The largest absolute Gasteiger partial charge is 0.545 e. The summed E-state index contributed by atoms with van der Waals surface area (Å²) in [4.78, 5) is 36.7. The van der Waals surface area contributed by atoms with E-state index in [0.29, 0.717) is 23.9 Å². The molecule has 0 aromatic rings. The predicted molar refractivity (Wildman–Crippen MR) is 209 cm³/mol. The van der Waals surface area contributed by atoms with E-state index >= 15 is 0 Å². The van der Waals surface area contributed by atoms with Crippen molar-refractivity contribution < 1.29 is 42.9 Å². The number of hydrogen-bond acceptors (Lipinski definition) is 8. The smallest absolute Gasteiger partial charge is 0.306 e. The van der Waals surface area contributed by atoms with Gasteiger partial charge in [-0.15, -0.1) is 0 Å². The van der Waals surface area contributed by atoms with Gasteiger partial charge in [0.15, 0.2) is 12.4 Å². The summed E-state index contributed by atoms with van der Waals surface area (Å²) in [5.41, 5.74) is 0. The van der Waals surface area contributed by atoms with Gasteiger partial charge in [-0.05, 0) is 64.2 Å². The van der Waals surface area contributed by atoms with E-state index < -0.39 is 30.3 Å². The second-order valence-electron chi connectivity index (χ2n) is 13.8. The van der Waals surface area contributed by atoms with Crippen LogP contribution in [0.15, 0.2) is 72.9 Å². The molecule has 0 aliphatic carbocycles. The molecular formula is C43H71NO8. The van der Waals surface area contributed by atoms with Crippen molar-refractivity contribution in [1.82, 2.24) is 0 Å². The molecule has 2 unspecified atom stereocenters. The zero-order valence-corrected chi connectivity index (χ0v) is 33.1. The maximum Gasteiger partial charge on any atom is 0.306 e. The van der Waals surface area contributed by atoms with Crippen LogP contribution in [-0.4, -0.2) is 82.3 Å². The number of carboxylic acid groups (broad SMARTS) is 1. The Balaban J connectivity index is 4.67. The minimum atomic E-state index is -1.64. The summed E-state index contributed by atoms with van der Waals surface area (Å²) >= 11 is 0. The van der Waals surface area contributed by atoms with Crippen LogP contribution < -0.4 is 5.11 Å². The summed E-state index contributed by atoms with van der Waals surface area (Å²) in [5, 5.41) is 11.6. The lowest BCUT2D eigenvalue weighted by Gasteiger charge is -2.26. The highest BCUT2D eigenvalue weighted by atomic mass is 16.7. The molecule has 0 bridgehead atoms. The number of likely N-dealkylation sites (N-methyl/N-ethyl adjacent to an activating group) is 1. The Bertz CT molecular complexity index is 1080. The maximum absolute atomic E-state index is 12.6. The molecule has 0 heterocycles. The molecule has 0 N–H and O–H groups in total. The summed E-state index contributed by atoms with van der Waals surface area (Å²) in [5.74, 6) is -2.43. The van der Waals surface area contributed by atoms with E-state index in [1.807, 2.05) is 33.3 Å². The molecule has 0 aliphatic heterocycles. The third-order valence-corrected chi connectivity index (χ3v) is 7.70. The van der Waals surface area contributed by atoms with E-state index in [1.54, 1.807) is 0 Å². The molecule has 0 rings (SSSR count). The van der Waals surface area contributed by atoms with E-state index in [0.717, 1.165) is 70.6 Å². The van der Waals surface area contributed by atoms with Crippen molar-refractivity contribution in [1.29, 1.82) is 0 Å². The Morgan fingerprint density at radius 2 is 1.13 bits per heavy atom. The van der Waals surface area contributed by atoms with Gasteiger partial charge < -0.3 is 33.3 Å². The lowest BCUT2D eigenvalue weighted by Crippen LogP contribution is -2.44. The first-order valence-electron chi connectivity index (χ1n) is 19.6. The third-order valence-electron chi connectivity index (χ3n) is 7.70. The first-order valence-corrected chi connectivity index (χ1v) is 19.6. The molecule has 0 fully saturated rings. The number of carboxylic acids is 1. The van der Waals surface area contributed by atoms with Gasteiger partial charge in [0.25, 0.3) is 0 Å². The third kappa shape index (κ3) is 35.1. The van der Waals surface area contributed by atoms with Gasteiger partial charge in [0, 0.05) is 12.8 Å². The minimum absolute atomic E-state index is 0.120. The lowest BCUT2D eigenvalue weighted by molar-refractivity contribution is -0.870. The molecule has 0 aliphatic rings. The van der Waals surface area contributed by atoms with Crippen molar-refractivity contribution in [3.05, 3.63) is 72.9 Å². The quantitative estimate of drug-likeness (QED) is 0.0214. The fourth-order valence-corrected chi connectivity index (χ4v) is 4.62. The average Bonchev–Trinajstić information content (AvgIpc) is 3.09. The second-order valence-corrected chi connectivity index (χ2v) is 13.8. The number of aliphatic carboxylic acids is 1. The normalized spacial score (nSPS) is 13.8. The Labute approximate surface area is 316 Å². The van der Waals surface area contributed by atoms with Gasteiger partial charge in [-0.2, -0.15) is 0 Å². The number of allylic oxidation sites excluding steroid dienone is 12. The molecule has 0 radical (unpaired) electrons. The molecular weight excluding hydrogens is 658 g/mol. The molecule has 0 spiro atoms. The van der Waals surface area contributed by atoms with Gasteiger partial charge in [-0.25, -0.2) is 0 Å². The minimum Gasteiger partial charge on any atom is -0.545 e. The van der Waals surface area contributed by atoms with E-state index in [4.69, 9.17) is 18.9 Å². The molecule has 2 atom stereocenters. The van der Waals surface area contributed by atoms with Crippen LogP contribution in [0.5, 0.6) is 0 Å². The monoisotopic (exact) mass is 730 g/mol. The number of ether oxygens (including phenoxy) is 4. The highest BCUT2D eigenvalue weighted by molar-refractivity contribution is 5.70. The molecule has 9 nitrogen and oxygen atoms in total. The van der Waals surface area contributed by atoms with Crippen LogP contribution in [0.25, 0.3) is 0 Å². The number of unbranched alkanes of at least 4 members (excludes halogenated alkanes) is 7. The summed E-state index contributed by atoms with van der Waals surface area (Å²) in [6, 6.07) is 0. The maximum atomic E-state index is 12.6. The molecule has 0 saturated carbocycles. The molecule has 0 aromatic carbocycles. The molecule has 296 valence electrons. The number of carbonyl (C=O) groups is 3. The summed E-state index contributed by atoms with van der Waals surface area (Å²) in [6.45, 7) is 4.43. The van der Waals surface area contributed by atoms with Crippen molar-refractivity contribution in [3.8, 4) is 0 Å². The van der Waals surface area contributed by atoms with Crippen LogP contribution in [0.1, 0.15) is 123 Å². The fourth-order valence-electron chi connectivity index (χ4n) is 4.62. The second kappa shape index (κ2) is 34.8. The zero-order valence-electron chi connectivity index (χ0n) is 33.1.